The van der Waals surface area contributed by atoms with Crippen LogP contribution in [0.25, 0.3) is 0 Å². The van der Waals surface area contributed by atoms with E-state index in [1.54, 1.807) is 0 Å². The van der Waals surface area contributed by atoms with Gasteiger partial charge in [0.2, 0.25) is 0 Å². The molecule has 2 rings (SSSR count). The van der Waals surface area contributed by atoms with Gasteiger partial charge in [0.25, 0.3) is 0 Å². The average Bonchev–Trinajstić information content (AvgIpc) is 2.86. The fraction of sp³-hybridized carbons (Fsp3) is 0.769. The Hall–Kier alpha value is -0.910. The molecule has 0 radical (unpaired) electrons. The fourth-order valence-corrected chi connectivity index (χ4v) is 2.70. The number of rotatable bonds is 4. The number of nitrogens with zero attached hydrogens (tertiary/aromatic N) is 4. The zero-order valence-electron chi connectivity index (χ0n) is 11.7. The Labute approximate surface area is 110 Å². The molecule has 18 heavy (non-hydrogen) atoms. The third-order valence-corrected chi connectivity index (χ3v) is 3.96. The normalized spacial score (nSPS) is 24.3. The van der Waals surface area contributed by atoms with Crippen molar-refractivity contribution in [2.45, 2.75) is 32.5 Å². The molecule has 1 aliphatic heterocycles. The standard InChI is InChI=1S/C13H25N5/c1-4-17-9-12(8-15-17)11(2)18-6-5-16(3)10-13(18)7-14/h8-9,11,13H,4-7,10,14H2,1-3H3. The zero-order valence-corrected chi connectivity index (χ0v) is 11.7. The van der Waals surface area contributed by atoms with Crippen molar-refractivity contribution in [3.63, 3.8) is 0 Å². The summed E-state index contributed by atoms with van der Waals surface area (Å²) < 4.78 is 1.99. The van der Waals surface area contributed by atoms with Gasteiger partial charge in [-0.3, -0.25) is 9.58 Å². The van der Waals surface area contributed by atoms with Crippen LogP contribution in [0, 0.1) is 0 Å². The van der Waals surface area contributed by atoms with E-state index in [0.29, 0.717) is 12.1 Å². The molecule has 0 aromatic carbocycles. The first-order chi connectivity index (χ1) is 8.65. The van der Waals surface area contributed by atoms with E-state index in [9.17, 15) is 0 Å². The van der Waals surface area contributed by atoms with Crippen molar-refractivity contribution >= 4 is 0 Å². The molecule has 2 N–H and O–H groups in total. The van der Waals surface area contributed by atoms with Gasteiger partial charge < -0.3 is 10.6 Å². The molecule has 2 unspecified atom stereocenters. The quantitative estimate of drug-likeness (QED) is 0.848. The summed E-state index contributed by atoms with van der Waals surface area (Å²) in [5.41, 5.74) is 7.21. The van der Waals surface area contributed by atoms with Crippen LogP contribution in [0.5, 0.6) is 0 Å². The SMILES string of the molecule is CCn1cc(C(C)N2CCN(C)CC2CN)cn1. The maximum Gasteiger partial charge on any atom is 0.0537 e. The van der Waals surface area contributed by atoms with E-state index >= 15 is 0 Å². The lowest BCUT2D eigenvalue weighted by atomic mass is 10.1. The lowest BCUT2D eigenvalue weighted by Crippen LogP contribution is -2.55. The van der Waals surface area contributed by atoms with Gasteiger partial charge in [0.05, 0.1) is 6.20 Å². The lowest BCUT2D eigenvalue weighted by molar-refractivity contribution is 0.0621. The van der Waals surface area contributed by atoms with Gasteiger partial charge in [-0.25, -0.2) is 0 Å². The summed E-state index contributed by atoms with van der Waals surface area (Å²) in [6.07, 6.45) is 4.14. The molecule has 5 heteroatoms. The molecule has 0 bridgehead atoms. The van der Waals surface area contributed by atoms with Crippen LogP contribution in [0.4, 0.5) is 0 Å². The molecular weight excluding hydrogens is 226 g/mol. The predicted molar refractivity (Wildman–Crippen MR) is 73.4 cm³/mol. The Bertz CT molecular complexity index is 375. The van der Waals surface area contributed by atoms with Crippen LogP contribution >= 0.6 is 0 Å². The van der Waals surface area contributed by atoms with Crippen LogP contribution in [0.2, 0.25) is 0 Å². The van der Waals surface area contributed by atoms with Crippen molar-refractivity contribution < 1.29 is 0 Å². The smallest absolute Gasteiger partial charge is 0.0537 e. The van der Waals surface area contributed by atoms with Gasteiger partial charge >= 0.3 is 0 Å². The first-order valence-electron chi connectivity index (χ1n) is 6.82. The van der Waals surface area contributed by atoms with Gasteiger partial charge in [-0.1, -0.05) is 0 Å². The molecule has 0 spiro atoms. The largest absolute Gasteiger partial charge is 0.329 e. The summed E-state index contributed by atoms with van der Waals surface area (Å²) in [6, 6.07) is 0.844. The second kappa shape index (κ2) is 5.82. The summed E-state index contributed by atoms with van der Waals surface area (Å²) in [4.78, 5) is 4.87. The van der Waals surface area contributed by atoms with Gasteiger partial charge in [0.1, 0.15) is 0 Å². The minimum Gasteiger partial charge on any atom is -0.329 e. The molecular formula is C13H25N5. The topological polar surface area (TPSA) is 50.3 Å². The monoisotopic (exact) mass is 251 g/mol. The molecule has 1 saturated heterocycles. The molecule has 0 aliphatic carbocycles. The van der Waals surface area contributed by atoms with Gasteiger partial charge in [-0.05, 0) is 20.9 Å². The molecule has 1 aromatic rings. The maximum absolute atomic E-state index is 5.91. The van der Waals surface area contributed by atoms with Crippen molar-refractivity contribution in [3.05, 3.63) is 18.0 Å². The third kappa shape index (κ3) is 2.74. The number of aromatic nitrogens is 2. The lowest BCUT2D eigenvalue weighted by Gasteiger charge is -2.42. The molecule has 5 nitrogen and oxygen atoms in total. The average molecular weight is 251 g/mol. The summed E-state index contributed by atoms with van der Waals surface area (Å²) in [7, 11) is 2.17. The maximum atomic E-state index is 5.91. The second-order valence-electron chi connectivity index (χ2n) is 5.19. The molecule has 1 aliphatic rings. The van der Waals surface area contributed by atoms with Crippen molar-refractivity contribution in [1.82, 2.24) is 19.6 Å². The van der Waals surface area contributed by atoms with Crippen LogP contribution in [0.1, 0.15) is 25.5 Å². The van der Waals surface area contributed by atoms with Crippen molar-refractivity contribution in [2.24, 2.45) is 5.73 Å². The number of piperazine rings is 1. The highest BCUT2D eigenvalue weighted by Gasteiger charge is 2.28. The molecule has 0 amide bonds. The Morgan fingerprint density at radius 2 is 2.28 bits per heavy atom. The Kier molecular flexibility index (Phi) is 4.37. The van der Waals surface area contributed by atoms with Crippen LogP contribution < -0.4 is 5.73 Å². The Balaban J connectivity index is 2.09. The van der Waals surface area contributed by atoms with Crippen molar-refractivity contribution in [3.8, 4) is 0 Å². The van der Waals surface area contributed by atoms with E-state index in [0.717, 1.165) is 32.7 Å². The van der Waals surface area contributed by atoms with E-state index in [-0.39, 0.29) is 0 Å². The molecule has 0 saturated carbocycles. The highest BCUT2D eigenvalue weighted by Crippen LogP contribution is 2.24. The van der Waals surface area contributed by atoms with Gasteiger partial charge in [-0.15, -0.1) is 0 Å². The van der Waals surface area contributed by atoms with Crippen LogP contribution in [0.3, 0.4) is 0 Å². The van der Waals surface area contributed by atoms with E-state index in [1.807, 2.05) is 10.9 Å². The molecule has 1 fully saturated rings. The van der Waals surface area contributed by atoms with Gasteiger partial charge in [0, 0.05) is 56.6 Å². The first kappa shape index (κ1) is 13.5. The molecule has 2 atom stereocenters. The summed E-state index contributed by atoms with van der Waals surface area (Å²) in [6.45, 7) is 9.26. The van der Waals surface area contributed by atoms with E-state index < -0.39 is 0 Å². The Morgan fingerprint density at radius 1 is 1.50 bits per heavy atom. The number of nitrogens with two attached hydrogens (primary N) is 1. The fourth-order valence-electron chi connectivity index (χ4n) is 2.70. The second-order valence-corrected chi connectivity index (χ2v) is 5.19. The number of hydrogen-bond donors (Lipinski definition) is 1. The molecule has 2 heterocycles. The van der Waals surface area contributed by atoms with Gasteiger partial charge in [0.15, 0.2) is 0 Å². The first-order valence-corrected chi connectivity index (χ1v) is 6.82. The molecule has 102 valence electrons. The number of likely N-dealkylation sites (N-methyl/N-ethyl adjacent to an activating group) is 1. The highest BCUT2D eigenvalue weighted by atomic mass is 15.3. The number of hydrogen-bond acceptors (Lipinski definition) is 4. The minimum absolute atomic E-state index is 0.396. The van der Waals surface area contributed by atoms with E-state index in [1.165, 1.54) is 5.56 Å². The van der Waals surface area contributed by atoms with Gasteiger partial charge in [-0.2, -0.15) is 5.10 Å². The zero-order chi connectivity index (χ0) is 13.1. The van der Waals surface area contributed by atoms with E-state index in [2.05, 4.69) is 42.0 Å². The Morgan fingerprint density at radius 3 is 2.89 bits per heavy atom. The van der Waals surface area contributed by atoms with Crippen LogP contribution in [0.15, 0.2) is 12.4 Å². The van der Waals surface area contributed by atoms with Crippen LogP contribution in [-0.2, 0) is 6.54 Å². The third-order valence-electron chi connectivity index (χ3n) is 3.96. The molecule has 1 aromatic heterocycles. The summed E-state index contributed by atoms with van der Waals surface area (Å²) >= 11 is 0. The number of aryl methyl sites for hydroxylation is 1. The summed E-state index contributed by atoms with van der Waals surface area (Å²) in [5.74, 6) is 0. The predicted octanol–water partition coefficient (Wildman–Crippen LogP) is 0.539. The highest BCUT2D eigenvalue weighted by molar-refractivity contribution is 5.10. The van der Waals surface area contributed by atoms with Crippen LogP contribution in [-0.4, -0.2) is 58.8 Å². The minimum atomic E-state index is 0.396. The summed E-state index contributed by atoms with van der Waals surface area (Å²) in [5, 5.41) is 4.36. The van der Waals surface area contributed by atoms with Crippen molar-refractivity contribution in [1.29, 1.82) is 0 Å². The van der Waals surface area contributed by atoms with Crippen molar-refractivity contribution in [2.75, 3.05) is 33.2 Å². The van der Waals surface area contributed by atoms with E-state index in [4.69, 9.17) is 5.73 Å².